The van der Waals surface area contributed by atoms with E-state index in [0.29, 0.717) is 0 Å². The maximum Gasteiger partial charge on any atom is -0.0261 e. The molecule has 0 nitrogen and oxygen atoms in total. The second-order valence-corrected chi connectivity index (χ2v) is 6.47. The summed E-state index contributed by atoms with van der Waals surface area (Å²) in [5, 5.41) is 0. The largest absolute Gasteiger partial charge is 0.0654 e. The first-order chi connectivity index (χ1) is 6.75. The van der Waals surface area contributed by atoms with Crippen LogP contribution in [0.4, 0.5) is 0 Å². The molecule has 4 aliphatic rings. The molecule has 4 rings (SSSR count). The Hall–Kier alpha value is 0. The Labute approximate surface area is 88.5 Å². The van der Waals surface area contributed by atoms with Crippen LogP contribution in [0.2, 0.25) is 0 Å². The van der Waals surface area contributed by atoms with Crippen molar-refractivity contribution in [2.45, 2.75) is 58.8 Å². The second-order valence-electron chi connectivity index (χ2n) is 6.47. The molecule has 2 bridgehead atoms. The van der Waals surface area contributed by atoms with E-state index in [9.17, 15) is 0 Å². The number of rotatable bonds is 4. The molecule has 4 saturated carbocycles. The minimum absolute atomic E-state index is 0.932. The summed E-state index contributed by atoms with van der Waals surface area (Å²) >= 11 is 0. The third-order valence-corrected chi connectivity index (χ3v) is 5.66. The van der Waals surface area contributed by atoms with Crippen LogP contribution in [0, 0.1) is 29.1 Å². The zero-order valence-corrected chi connectivity index (χ0v) is 9.76. The fourth-order valence-electron chi connectivity index (χ4n) is 4.94. The van der Waals surface area contributed by atoms with E-state index in [1.54, 1.807) is 32.1 Å². The summed E-state index contributed by atoms with van der Waals surface area (Å²) < 4.78 is 0. The fourth-order valence-corrected chi connectivity index (χ4v) is 4.94. The molecule has 3 unspecified atom stereocenters. The average molecular weight is 192 g/mol. The van der Waals surface area contributed by atoms with Crippen molar-refractivity contribution in [1.29, 1.82) is 0 Å². The summed E-state index contributed by atoms with van der Waals surface area (Å²) in [6, 6.07) is 0. The molecule has 0 amide bonds. The predicted octanol–water partition coefficient (Wildman–Crippen LogP) is 4.25. The van der Waals surface area contributed by atoms with Gasteiger partial charge in [-0.15, -0.1) is 0 Å². The lowest BCUT2D eigenvalue weighted by atomic mass is 9.56. The fraction of sp³-hybridized carbons (Fsp3) is 1.00. The molecule has 0 heterocycles. The normalized spacial score (nSPS) is 50.6. The quantitative estimate of drug-likeness (QED) is 0.624. The van der Waals surface area contributed by atoms with E-state index in [4.69, 9.17) is 0 Å². The lowest BCUT2D eigenvalue weighted by Gasteiger charge is -2.49. The van der Waals surface area contributed by atoms with Crippen molar-refractivity contribution in [1.82, 2.24) is 0 Å². The molecule has 0 aromatic rings. The van der Waals surface area contributed by atoms with E-state index in [-0.39, 0.29) is 0 Å². The van der Waals surface area contributed by atoms with Crippen LogP contribution >= 0.6 is 0 Å². The molecule has 0 aromatic heterocycles. The Morgan fingerprint density at radius 3 is 2.64 bits per heavy atom. The van der Waals surface area contributed by atoms with Gasteiger partial charge in [-0.2, -0.15) is 0 Å². The van der Waals surface area contributed by atoms with Gasteiger partial charge in [-0.3, -0.25) is 0 Å². The zero-order chi connectivity index (χ0) is 9.76. The van der Waals surface area contributed by atoms with Gasteiger partial charge in [0.25, 0.3) is 0 Å². The van der Waals surface area contributed by atoms with E-state index in [1.165, 1.54) is 24.7 Å². The molecule has 0 aromatic carbocycles. The lowest BCUT2D eigenvalue weighted by molar-refractivity contribution is 0.0104. The van der Waals surface area contributed by atoms with Crippen molar-refractivity contribution in [2.75, 3.05) is 0 Å². The van der Waals surface area contributed by atoms with E-state index in [2.05, 4.69) is 13.8 Å². The van der Waals surface area contributed by atoms with Crippen molar-refractivity contribution in [3.63, 3.8) is 0 Å². The SMILES string of the molecule is CCCC(C)CC1C2CC3(CCC13)C2. The Morgan fingerprint density at radius 1 is 1.36 bits per heavy atom. The number of hydrogen-bond acceptors (Lipinski definition) is 0. The van der Waals surface area contributed by atoms with E-state index in [0.717, 1.165) is 17.3 Å². The second kappa shape index (κ2) is 3.00. The minimum atomic E-state index is 0.932. The standard InChI is InChI=1S/C14H24/c1-3-4-10(2)7-12-11-8-14(9-11)6-5-13(12)14/h10-13H,3-9H2,1-2H3. The highest BCUT2D eigenvalue weighted by Crippen LogP contribution is 2.75. The summed E-state index contributed by atoms with van der Waals surface area (Å²) in [5.74, 6) is 4.51. The topological polar surface area (TPSA) is 0 Å². The van der Waals surface area contributed by atoms with Crippen molar-refractivity contribution in [3.05, 3.63) is 0 Å². The maximum atomic E-state index is 2.48. The highest BCUT2D eigenvalue weighted by Gasteiger charge is 2.66. The molecule has 3 atom stereocenters. The molecule has 0 saturated heterocycles. The van der Waals surface area contributed by atoms with Gasteiger partial charge in [0.15, 0.2) is 0 Å². The van der Waals surface area contributed by atoms with Gasteiger partial charge in [-0.25, -0.2) is 0 Å². The first-order valence-corrected chi connectivity index (χ1v) is 6.75. The summed E-state index contributed by atoms with van der Waals surface area (Å²) in [4.78, 5) is 0. The van der Waals surface area contributed by atoms with Gasteiger partial charge >= 0.3 is 0 Å². The van der Waals surface area contributed by atoms with Crippen molar-refractivity contribution in [3.8, 4) is 0 Å². The van der Waals surface area contributed by atoms with Gasteiger partial charge in [0, 0.05) is 0 Å². The van der Waals surface area contributed by atoms with Crippen LogP contribution < -0.4 is 0 Å². The van der Waals surface area contributed by atoms with Gasteiger partial charge in [-0.1, -0.05) is 26.7 Å². The van der Waals surface area contributed by atoms with Crippen LogP contribution in [0.25, 0.3) is 0 Å². The van der Waals surface area contributed by atoms with Gasteiger partial charge in [-0.05, 0) is 61.2 Å². The maximum absolute atomic E-state index is 2.48. The highest BCUT2D eigenvalue weighted by atomic mass is 14.7. The average Bonchev–Trinajstić information content (AvgIpc) is 2.28. The van der Waals surface area contributed by atoms with Crippen LogP contribution in [-0.2, 0) is 0 Å². The summed E-state index contributed by atoms with van der Waals surface area (Å²) in [6.45, 7) is 4.81. The van der Waals surface area contributed by atoms with Crippen LogP contribution in [0.5, 0.6) is 0 Å². The highest BCUT2D eigenvalue weighted by molar-refractivity contribution is 5.15. The van der Waals surface area contributed by atoms with Crippen LogP contribution in [0.1, 0.15) is 58.8 Å². The van der Waals surface area contributed by atoms with Gasteiger partial charge in [0.05, 0.1) is 0 Å². The number of hydrogen-bond donors (Lipinski definition) is 0. The monoisotopic (exact) mass is 192 g/mol. The third-order valence-electron chi connectivity index (χ3n) is 5.66. The van der Waals surface area contributed by atoms with Gasteiger partial charge in [0.1, 0.15) is 0 Å². The molecule has 4 fully saturated rings. The summed E-state index contributed by atoms with van der Waals surface area (Å²) in [5.41, 5.74) is 0.932. The van der Waals surface area contributed by atoms with Gasteiger partial charge < -0.3 is 0 Å². The molecule has 0 heteroatoms. The molecule has 4 aliphatic carbocycles. The predicted molar refractivity (Wildman–Crippen MR) is 60.1 cm³/mol. The summed E-state index contributed by atoms with van der Waals surface area (Å²) in [6.07, 6.45) is 10.8. The van der Waals surface area contributed by atoms with E-state index in [1.807, 2.05) is 0 Å². The van der Waals surface area contributed by atoms with Crippen molar-refractivity contribution < 1.29 is 0 Å². The lowest BCUT2D eigenvalue weighted by Crippen LogP contribution is -2.39. The minimum Gasteiger partial charge on any atom is -0.0654 e. The first kappa shape index (κ1) is 9.24. The molecular formula is C14H24. The van der Waals surface area contributed by atoms with Gasteiger partial charge in [0.2, 0.25) is 0 Å². The smallest absolute Gasteiger partial charge is 0.0261 e. The Bertz CT molecular complexity index is 224. The molecular weight excluding hydrogens is 168 g/mol. The van der Waals surface area contributed by atoms with Crippen molar-refractivity contribution >= 4 is 0 Å². The Balaban J connectivity index is 1.59. The molecule has 0 N–H and O–H groups in total. The third kappa shape index (κ3) is 1.06. The van der Waals surface area contributed by atoms with E-state index >= 15 is 0 Å². The molecule has 80 valence electrons. The Morgan fingerprint density at radius 2 is 2.14 bits per heavy atom. The van der Waals surface area contributed by atoms with Crippen LogP contribution in [-0.4, -0.2) is 0 Å². The van der Waals surface area contributed by atoms with Crippen LogP contribution in [0.15, 0.2) is 0 Å². The van der Waals surface area contributed by atoms with Crippen LogP contribution in [0.3, 0.4) is 0 Å². The molecule has 14 heavy (non-hydrogen) atoms. The van der Waals surface area contributed by atoms with E-state index < -0.39 is 0 Å². The van der Waals surface area contributed by atoms with Crippen molar-refractivity contribution in [2.24, 2.45) is 29.1 Å². The molecule has 0 aliphatic heterocycles. The Kier molecular flexibility index (Phi) is 1.98. The zero-order valence-electron chi connectivity index (χ0n) is 9.76. The first-order valence-electron chi connectivity index (χ1n) is 6.75. The molecule has 1 spiro atoms. The molecule has 0 radical (unpaired) electrons. The summed E-state index contributed by atoms with van der Waals surface area (Å²) in [7, 11) is 0.